The van der Waals surface area contributed by atoms with Crippen molar-refractivity contribution in [2.45, 2.75) is 6.54 Å². The van der Waals surface area contributed by atoms with Crippen molar-refractivity contribution >= 4 is 16.8 Å². The van der Waals surface area contributed by atoms with Gasteiger partial charge in [0.05, 0.1) is 23.1 Å². The molecule has 0 atom stereocenters. The monoisotopic (exact) mass is 414 g/mol. The third kappa shape index (κ3) is 3.97. The molecule has 0 bridgehead atoms. The van der Waals surface area contributed by atoms with Gasteiger partial charge in [-0.1, -0.05) is 12.1 Å². The Balaban J connectivity index is 1.21. The second-order valence-corrected chi connectivity index (χ2v) is 7.60. The number of rotatable bonds is 4. The minimum absolute atomic E-state index is 0.0314. The van der Waals surface area contributed by atoms with Crippen LogP contribution in [-0.4, -0.2) is 61.6 Å². The first kappa shape index (κ1) is 19.2. The van der Waals surface area contributed by atoms with Gasteiger partial charge in [0.1, 0.15) is 5.82 Å². The molecule has 31 heavy (non-hydrogen) atoms. The number of benzene rings is 2. The van der Waals surface area contributed by atoms with E-state index in [-0.39, 0.29) is 11.5 Å². The molecule has 0 unspecified atom stereocenters. The van der Waals surface area contributed by atoms with Crippen LogP contribution in [0.4, 0.5) is 0 Å². The van der Waals surface area contributed by atoms with E-state index in [1.165, 1.54) is 0 Å². The lowest BCUT2D eigenvalue weighted by atomic mass is 10.1. The highest BCUT2D eigenvalue weighted by Crippen LogP contribution is 2.14. The molecule has 156 valence electrons. The third-order valence-corrected chi connectivity index (χ3v) is 5.58. The van der Waals surface area contributed by atoms with Gasteiger partial charge in [-0.05, 0) is 42.5 Å². The molecule has 1 amide bonds. The van der Waals surface area contributed by atoms with Crippen molar-refractivity contribution in [3.63, 3.8) is 0 Å². The van der Waals surface area contributed by atoms with Gasteiger partial charge in [0.25, 0.3) is 11.5 Å². The number of H-pyrrole nitrogens is 1. The Morgan fingerprint density at radius 2 is 1.74 bits per heavy atom. The van der Waals surface area contributed by atoms with Crippen LogP contribution in [0.5, 0.6) is 0 Å². The van der Waals surface area contributed by atoms with Crippen molar-refractivity contribution in [2.24, 2.45) is 0 Å². The molecule has 0 saturated carbocycles. The molecular formula is C23H22N6O2. The first-order valence-corrected chi connectivity index (χ1v) is 10.3. The molecule has 2 aromatic carbocycles. The number of carbonyl (C=O) groups is 1. The predicted octanol–water partition coefficient (Wildman–Crippen LogP) is 2.07. The number of piperazine rings is 1. The van der Waals surface area contributed by atoms with Crippen LogP contribution in [-0.2, 0) is 6.54 Å². The van der Waals surface area contributed by atoms with Gasteiger partial charge in [-0.15, -0.1) is 0 Å². The van der Waals surface area contributed by atoms with E-state index in [1.807, 2.05) is 59.6 Å². The van der Waals surface area contributed by atoms with Crippen LogP contribution in [0, 0.1) is 0 Å². The summed E-state index contributed by atoms with van der Waals surface area (Å²) >= 11 is 0. The van der Waals surface area contributed by atoms with Crippen molar-refractivity contribution in [3.8, 4) is 5.69 Å². The molecule has 0 radical (unpaired) electrons. The Hall–Kier alpha value is -3.78. The molecule has 1 N–H and O–H groups in total. The summed E-state index contributed by atoms with van der Waals surface area (Å²) in [5.74, 6) is 0.682. The van der Waals surface area contributed by atoms with Gasteiger partial charge in [-0.2, -0.15) is 5.10 Å². The van der Waals surface area contributed by atoms with Gasteiger partial charge < -0.3 is 9.88 Å². The lowest BCUT2D eigenvalue weighted by Crippen LogP contribution is -2.48. The van der Waals surface area contributed by atoms with Crippen LogP contribution in [0.2, 0.25) is 0 Å². The molecule has 1 saturated heterocycles. The molecule has 1 fully saturated rings. The van der Waals surface area contributed by atoms with E-state index in [9.17, 15) is 9.59 Å². The molecule has 8 nitrogen and oxygen atoms in total. The number of fused-ring (bicyclic) bond motifs is 1. The van der Waals surface area contributed by atoms with E-state index < -0.39 is 0 Å². The van der Waals surface area contributed by atoms with Crippen molar-refractivity contribution in [2.75, 3.05) is 26.2 Å². The van der Waals surface area contributed by atoms with Gasteiger partial charge in [0, 0.05) is 44.1 Å². The molecule has 4 aromatic rings. The van der Waals surface area contributed by atoms with Crippen molar-refractivity contribution < 1.29 is 4.79 Å². The largest absolute Gasteiger partial charge is 0.336 e. The highest BCUT2D eigenvalue weighted by Gasteiger charge is 2.22. The van der Waals surface area contributed by atoms with Crippen molar-refractivity contribution in [3.05, 3.63) is 88.7 Å². The summed E-state index contributed by atoms with van der Waals surface area (Å²) < 4.78 is 1.76. The van der Waals surface area contributed by atoms with Gasteiger partial charge >= 0.3 is 0 Å². The molecule has 1 aliphatic rings. The number of aromatic amines is 1. The van der Waals surface area contributed by atoms with Crippen LogP contribution < -0.4 is 5.56 Å². The molecule has 0 aliphatic carbocycles. The second kappa shape index (κ2) is 8.16. The average molecular weight is 414 g/mol. The van der Waals surface area contributed by atoms with E-state index >= 15 is 0 Å². The molecule has 3 heterocycles. The summed E-state index contributed by atoms with van der Waals surface area (Å²) in [6, 6.07) is 16.7. The zero-order valence-corrected chi connectivity index (χ0v) is 16.9. The fourth-order valence-electron chi connectivity index (χ4n) is 3.89. The Morgan fingerprint density at radius 3 is 2.48 bits per heavy atom. The maximum atomic E-state index is 12.9. The summed E-state index contributed by atoms with van der Waals surface area (Å²) in [5, 5.41) is 4.80. The second-order valence-electron chi connectivity index (χ2n) is 7.60. The van der Waals surface area contributed by atoms with E-state index in [0.29, 0.717) is 41.9 Å². The van der Waals surface area contributed by atoms with E-state index in [4.69, 9.17) is 0 Å². The fraction of sp³-hybridized carbons (Fsp3) is 0.217. The Labute approximate surface area is 178 Å². The number of hydrogen-bond acceptors (Lipinski definition) is 5. The number of para-hydroxylation sites is 1. The Kier molecular flexibility index (Phi) is 5.05. The molecule has 2 aromatic heterocycles. The summed E-state index contributed by atoms with van der Waals surface area (Å²) in [5.41, 5.74) is 2.18. The van der Waals surface area contributed by atoms with E-state index in [1.54, 1.807) is 16.9 Å². The first-order valence-electron chi connectivity index (χ1n) is 10.3. The summed E-state index contributed by atoms with van der Waals surface area (Å²) in [6.07, 6.45) is 3.59. The first-order chi connectivity index (χ1) is 15.2. The fourth-order valence-corrected chi connectivity index (χ4v) is 3.89. The number of aromatic nitrogens is 4. The number of carbonyl (C=O) groups excluding carboxylic acids is 1. The topological polar surface area (TPSA) is 87.1 Å². The van der Waals surface area contributed by atoms with Crippen LogP contribution in [0.1, 0.15) is 16.2 Å². The van der Waals surface area contributed by atoms with Crippen molar-refractivity contribution in [1.82, 2.24) is 29.5 Å². The van der Waals surface area contributed by atoms with Crippen molar-refractivity contribution in [1.29, 1.82) is 0 Å². The minimum Gasteiger partial charge on any atom is -0.336 e. The number of amides is 1. The van der Waals surface area contributed by atoms with Gasteiger partial charge in [0.15, 0.2) is 0 Å². The molecular weight excluding hydrogens is 392 g/mol. The highest BCUT2D eigenvalue weighted by molar-refractivity contribution is 5.94. The third-order valence-electron chi connectivity index (χ3n) is 5.58. The molecule has 8 heteroatoms. The molecule has 5 rings (SSSR count). The SMILES string of the molecule is O=C(c1ccc(-n2cccn2)cc1)N1CCN(Cc2nc3ccccc3c(=O)[nH]2)CC1. The average Bonchev–Trinajstić information content (AvgIpc) is 3.34. The van der Waals surface area contributed by atoms with E-state index in [0.717, 1.165) is 18.8 Å². The lowest BCUT2D eigenvalue weighted by Gasteiger charge is -2.34. The standard InChI is InChI=1S/C23H22N6O2/c30-22-19-4-1-2-5-20(19)25-21(26-22)16-27-12-14-28(15-13-27)23(31)17-6-8-18(9-7-17)29-11-3-10-24-29/h1-11H,12-16H2,(H,25,26,30). The Morgan fingerprint density at radius 1 is 0.968 bits per heavy atom. The van der Waals surface area contributed by atoms with Gasteiger partial charge in [0.2, 0.25) is 0 Å². The van der Waals surface area contributed by atoms with Crippen LogP contribution in [0.15, 0.2) is 71.8 Å². The zero-order chi connectivity index (χ0) is 21.2. The highest BCUT2D eigenvalue weighted by atomic mass is 16.2. The quantitative estimate of drug-likeness (QED) is 0.552. The number of hydrogen-bond donors (Lipinski definition) is 1. The minimum atomic E-state index is -0.118. The Bertz CT molecular complexity index is 1260. The zero-order valence-electron chi connectivity index (χ0n) is 16.9. The van der Waals surface area contributed by atoms with Gasteiger partial charge in [-0.3, -0.25) is 14.5 Å². The predicted molar refractivity (Wildman–Crippen MR) is 117 cm³/mol. The van der Waals surface area contributed by atoms with Crippen LogP contribution in [0.25, 0.3) is 16.6 Å². The van der Waals surface area contributed by atoms with Gasteiger partial charge in [-0.25, -0.2) is 9.67 Å². The summed E-state index contributed by atoms with van der Waals surface area (Å²) in [6.45, 7) is 3.29. The number of nitrogens with zero attached hydrogens (tertiary/aromatic N) is 5. The normalized spacial score (nSPS) is 14.8. The number of nitrogens with one attached hydrogen (secondary N) is 1. The molecule has 0 spiro atoms. The van der Waals surface area contributed by atoms with Crippen LogP contribution in [0.3, 0.4) is 0 Å². The summed E-state index contributed by atoms with van der Waals surface area (Å²) in [7, 11) is 0. The lowest BCUT2D eigenvalue weighted by molar-refractivity contribution is 0.0625. The summed E-state index contributed by atoms with van der Waals surface area (Å²) in [4.78, 5) is 36.7. The molecule has 1 aliphatic heterocycles. The van der Waals surface area contributed by atoms with Crippen LogP contribution >= 0.6 is 0 Å². The smallest absolute Gasteiger partial charge is 0.258 e. The van der Waals surface area contributed by atoms with E-state index in [2.05, 4.69) is 20.0 Å². The maximum Gasteiger partial charge on any atom is 0.258 e. The maximum absolute atomic E-state index is 12.9.